The van der Waals surface area contributed by atoms with Gasteiger partial charge in [0.25, 0.3) is 0 Å². The van der Waals surface area contributed by atoms with E-state index in [0.717, 1.165) is 22.6 Å². The lowest BCUT2D eigenvalue weighted by Crippen LogP contribution is -1.94. The summed E-state index contributed by atoms with van der Waals surface area (Å²) in [6, 6.07) is 0. The van der Waals surface area contributed by atoms with Crippen LogP contribution in [0.5, 0.6) is 0 Å². The van der Waals surface area contributed by atoms with Gasteiger partial charge in [0.1, 0.15) is 6.33 Å². The Balaban J connectivity index is 1.88. The van der Waals surface area contributed by atoms with Crippen LogP contribution in [0.2, 0.25) is 0 Å². The van der Waals surface area contributed by atoms with Gasteiger partial charge in [0, 0.05) is 23.4 Å². The van der Waals surface area contributed by atoms with E-state index in [1.54, 1.807) is 23.1 Å². The zero-order chi connectivity index (χ0) is 10.5. The van der Waals surface area contributed by atoms with Crippen molar-refractivity contribution in [2.24, 2.45) is 0 Å². The third-order valence-corrected chi connectivity index (χ3v) is 3.69. The number of rotatable bonds is 5. The first-order valence-corrected chi connectivity index (χ1v) is 6.35. The Labute approximate surface area is 95.7 Å². The number of H-pyrrole nitrogens is 1. The molecule has 0 aliphatic heterocycles. The molecule has 0 bridgehead atoms. The van der Waals surface area contributed by atoms with Crippen LogP contribution in [-0.2, 0) is 5.75 Å². The van der Waals surface area contributed by atoms with E-state index in [0.29, 0.717) is 0 Å². The fraction of sp³-hybridized carbons (Fsp3) is 0.375. The van der Waals surface area contributed by atoms with Crippen molar-refractivity contribution in [3.8, 4) is 0 Å². The van der Waals surface area contributed by atoms with Crippen molar-refractivity contribution in [1.29, 1.82) is 0 Å². The van der Waals surface area contributed by atoms with Crippen molar-refractivity contribution in [2.45, 2.75) is 17.8 Å². The lowest BCUT2D eigenvalue weighted by molar-refractivity contribution is 0.973. The van der Waals surface area contributed by atoms with Crippen LogP contribution in [-0.4, -0.2) is 26.7 Å². The Kier molecular flexibility index (Phi) is 3.57. The molecule has 0 aliphatic rings. The monoisotopic (exact) mass is 241 g/mol. The van der Waals surface area contributed by atoms with Crippen LogP contribution < -0.4 is 5.32 Å². The quantitative estimate of drug-likeness (QED) is 0.784. The molecule has 0 saturated heterocycles. The molecular weight excluding hydrogens is 230 g/mol. The van der Waals surface area contributed by atoms with Crippen molar-refractivity contribution in [2.75, 3.05) is 11.9 Å². The molecule has 0 aliphatic carbocycles. The first kappa shape index (κ1) is 10.4. The summed E-state index contributed by atoms with van der Waals surface area (Å²) in [6.07, 6.45) is 3.41. The fourth-order valence-electron chi connectivity index (χ4n) is 1.01. The Morgan fingerprint density at radius 1 is 1.53 bits per heavy atom. The van der Waals surface area contributed by atoms with Crippen molar-refractivity contribution in [3.63, 3.8) is 0 Å². The molecule has 0 saturated carbocycles. The summed E-state index contributed by atoms with van der Waals surface area (Å²) in [5.41, 5.74) is 0. The summed E-state index contributed by atoms with van der Waals surface area (Å²) in [5, 5.41) is 11.6. The summed E-state index contributed by atoms with van der Waals surface area (Å²) >= 11 is 3.30. The van der Waals surface area contributed by atoms with E-state index in [1.807, 2.05) is 6.20 Å². The number of hydrogen-bond donors (Lipinski definition) is 2. The van der Waals surface area contributed by atoms with Gasteiger partial charge >= 0.3 is 0 Å². The Morgan fingerprint density at radius 3 is 3.20 bits per heavy atom. The van der Waals surface area contributed by atoms with Crippen molar-refractivity contribution in [1.82, 2.24) is 20.2 Å². The minimum absolute atomic E-state index is 0.841. The molecular formula is C8H11N5S2. The topological polar surface area (TPSA) is 66.5 Å². The normalized spacial score (nSPS) is 10.5. The van der Waals surface area contributed by atoms with E-state index in [-0.39, 0.29) is 0 Å². The van der Waals surface area contributed by atoms with Crippen molar-refractivity contribution < 1.29 is 0 Å². The number of hydrogen-bond acceptors (Lipinski definition) is 6. The van der Waals surface area contributed by atoms with Crippen molar-refractivity contribution in [3.05, 3.63) is 17.4 Å². The molecule has 0 amide bonds. The Hall–Kier alpha value is -1.08. The SMILES string of the molecule is CCNc1ncc(CSc2ncn[nH]2)s1. The molecule has 7 heteroatoms. The molecule has 2 rings (SSSR count). The highest BCUT2D eigenvalue weighted by Gasteiger charge is 2.03. The summed E-state index contributed by atoms with van der Waals surface area (Å²) < 4.78 is 0. The molecule has 0 unspecified atom stereocenters. The second-order valence-corrected chi connectivity index (χ2v) is 4.82. The molecule has 2 heterocycles. The number of nitrogens with zero attached hydrogens (tertiary/aromatic N) is 3. The minimum atomic E-state index is 0.841. The number of anilines is 1. The van der Waals surface area contributed by atoms with Gasteiger partial charge in [0.15, 0.2) is 10.3 Å². The predicted octanol–water partition coefficient (Wildman–Crippen LogP) is 1.99. The highest BCUT2D eigenvalue weighted by Crippen LogP contribution is 2.24. The molecule has 0 atom stereocenters. The molecule has 0 radical (unpaired) electrons. The maximum atomic E-state index is 4.25. The molecule has 0 aromatic carbocycles. The number of thiazole rings is 1. The van der Waals surface area contributed by atoms with E-state index in [4.69, 9.17) is 0 Å². The van der Waals surface area contributed by atoms with Crippen LogP contribution in [0.3, 0.4) is 0 Å². The van der Waals surface area contributed by atoms with Gasteiger partial charge in [0.05, 0.1) is 0 Å². The van der Waals surface area contributed by atoms with Gasteiger partial charge in [-0.05, 0) is 6.92 Å². The van der Waals surface area contributed by atoms with Gasteiger partial charge in [-0.3, -0.25) is 5.10 Å². The van der Waals surface area contributed by atoms with Crippen LogP contribution in [0.1, 0.15) is 11.8 Å². The van der Waals surface area contributed by atoms with Crippen LogP contribution >= 0.6 is 23.1 Å². The van der Waals surface area contributed by atoms with E-state index >= 15 is 0 Å². The lowest BCUT2D eigenvalue weighted by atomic mass is 10.6. The van der Waals surface area contributed by atoms with Crippen LogP contribution in [0.4, 0.5) is 5.13 Å². The molecule has 0 fully saturated rings. The maximum absolute atomic E-state index is 4.25. The predicted molar refractivity (Wildman–Crippen MR) is 62.2 cm³/mol. The molecule has 2 aromatic rings. The van der Waals surface area contributed by atoms with Crippen molar-refractivity contribution >= 4 is 28.2 Å². The van der Waals surface area contributed by atoms with Gasteiger partial charge < -0.3 is 5.32 Å². The van der Waals surface area contributed by atoms with Crippen LogP contribution in [0.15, 0.2) is 17.7 Å². The zero-order valence-corrected chi connectivity index (χ0v) is 9.86. The summed E-state index contributed by atoms with van der Waals surface area (Å²) in [7, 11) is 0. The summed E-state index contributed by atoms with van der Waals surface area (Å²) in [5.74, 6) is 0.873. The Morgan fingerprint density at radius 2 is 2.47 bits per heavy atom. The average molecular weight is 241 g/mol. The van der Waals surface area contributed by atoms with Gasteiger partial charge in [-0.1, -0.05) is 11.8 Å². The lowest BCUT2D eigenvalue weighted by Gasteiger charge is -1.94. The highest BCUT2D eigenvalue weighted by molar-refractivity contribution is 7.98. The molecule has 80 valence electrons. The Bertz CT molecular complexity index is 397. The third kappa shape index (κ3) is 2.93. The highest BCUT2D eigenvalue weighted by atomic mass is 32.2. The second kappa shape index (κ2) is 5.13. The number of thioether (sulfide) groups is 1. The van der Waals surface area contributed by atoms with Gasteiger partial charge in [0.2, 0.25) is 0 Å². The minimum Gasteiger partial charge on any atom is -0.362 e. The molecule has 2 N–H and O–H groups in total. The third-order valence-electron chi connectivity index (χ3n) is 1.63. The number of nitrogens with one attached hydrogen (secondary N) is 2. The fourth-order valence-corrected chi connectivity index (χ4v) is 2.69. The molecule has 15 heavy (non-hydrogen) atoms. The summed E-state index contributed by atoms with van der Waals surface area (Å²) in [6.45, 7) is 2.96. The molecule has 0 spiro atoms. The molecule has 5 nitrogen and oxygen atoms in total. The van der Waals surface area contributed by atoms with Gasteiger partial charge in [-0.15, -0.1) is 11.3 Å². The second-order valence-electron chi connectivity index (χ2n) is 2.74. The average Bonchev–Trinajstić information content (AvgIpc) is 2.85. The van der Waals surface area contributed by atoms with E-state index in [2.05, 4.69) is 32.4 Å². The smallest absolute Gasteiger partial charge is 0.183 e. The molecule has 2 aromatic heterocycles. The summed E-state index contributed by atoms with van der Waals surface area (Å²) in [4.78, 5) is 9.52. The van der Waals surface area contributed by atoms with E-state index in [9.17, 15) is 0 Å². The maximum Gasteiger partial charge on any atom is 0.183 e. The van der Waals surface area contributed by atoms with E-state index < -0.39 is 0 Å². The standard InChI is InChI=1S/C8H11N5S2/c1-2-9-7-10-3-6(15-7)4-14-8-11-5-12-13-8/h3,5H,2,4H2,1H3,(H,9,10)(H,11,12,13). The number of aromatic nitrogens is 4. The van der Waals surface area contributed by atoms with Crippen LogP contribution in [0, 0.1) is 0 Å². The van der Waals surface area contributed by atoms with Crippen LogP contribution in [0.25, 0.3) is 0 Å². The first-order chi connectivity index (χ1) is 7.38. The van der Waals surface area contributed by atoms with Gasteiger partial charge in [-0.2, -0.15) is 5.10 Å². The van der Waals surface area contributed by atoms with E-state index in [1.165, 1.54) is 11.2 Å². The largest absolute Gasteiger partial charge is 0.362 e. The number of aromatic amines is 1. The van der Waals surface area contributed by atoms with Gasteiger partial charge in [-0.25, -0.2) is 9.97 Å². The first-order valence-electron chi connectivity index (χ1n) is 4.55. The zero-order valence-electron chi connectivity index (χ0n) is 8.23.